The average molecular weight is 327 g/mol. The van der Waals surface area contributed by atoms with Crippen LogP contribution in [0.4, 0.5) is 16.0 Å². The van der Waals surface area contributed by atoms with Crippen molar-refractivity contribution in [3.8, 4) is 0 Å². The van der Waals surface area contributed by atoms with Gasteiger partial charge in [0.1, 0.15) is 5.82 Å². The first-order chi connectivity index (χ1) is 8.90. The van der Waals surface area contributed by atoms with Crippen LogP contribution in [0.3, 0.4) is 0 Å². The third-order valence-corrected chi connectivity index (χ3v) is 3.35. The Kier molecular flexibility index (Phi) is 3.57. The molecule has 0 aliphatic carbocycles. The largest absolute Gasteiger partial charge is 0.398 e. The number of aromatic amines is 1. The van der Waals surface area contributed by atoms with Gasteiger partial charge in [-0.2, -0.15) is 0 Å². The molecule has 1 aromatic heterocycles. The number of H-pyrrole nitrogens is 1. The lowest BCUT2D eigenvalue weighted by Crippen LogP contribution is -2.17. The van der Waals surface area contributed by atoms with Crippen molar-refractivity contribution in [1.82, 2.24) is 9.97 Å². The molecule has 2 rings (SSSR count). The number of hydrogen-bond acceptors (Lipinski definition) is 3. The number of nitrogens with two attached hydrogens (primary N) is 1. The minimum absolute atomic E-state index is 0.0882. The maximum atomic E-state index is 13.9. The summed E-state index contributed by atoms with van der Waals surface area (Å²) < 4.78 is 14.3. The number of aryl methyl sites for hydroxylation is 1. The Morgan fingerprint density at radius 2 is 2.21 bits per heavy atom. The van der Waals surface area contributed by atoms with E-state index in [0.717, 1.165) is 5.69 Å². The number of carbonyl (C=O) groups excluding carboxylic acids is 1. The van der Waals surface area contributed by atoms with Crippen molar-refractivity contribution in [3.63, 3.8) is 0 Å². The van der Waals surface area contributed by atoms with Crippen LogP contribution in [0.5, 0.6) is 0 Å². The van der Waals surface area contributed by atoms with E-state index in [-0.39, 0.29) is 11.5 Å². The van der Waals surface area contributed by atoms with E-state index in [9.17, 15) is 9.18 Å². The molecule has 0 bridgehead atoms. The molecule has 0 aliphatic rings. The summed E-state index contributed by atoms with van der Waals surface area (Å²) in [6, 6.07) is 1.17. The van der Waals surface area contributed by atoms with Crippen molar-refractivity contribution in [2.75, 3.05) is 11.1 Å². The van der Waals surface area contributed by atoms with Crippen LogP contribution in [-0.4, -0.2) is 15.9 Å². The first-order valence-electron chi connectivity index (χ1n) is 5.47. The first-order valence-corrected chi connectivity index (χ1v) is 6.26. The summed E-state index contributed by atoms with van der Waals surface area (Å²) in [5, 5.41) is 2.49. The fraction of sp³-hybridized carbons (Fsp3) is 0.167. The lowest BCUT2D eigenvalue weighted by Gasteiger charge is -2.11. The summed E-state index contributed by atoms with van der Waals surface area (Å²) in [7, 11) is 0. The van der Waals surface area contributed by atoms with Crippen LogP contribution >= 0.6 is 15.9 Å². The highest BCUT2D eigenvalue weighted by Gasteiger charge is 2.19. The van der Waals surface area contributed by atoms with Crippen LogP contribution in [0.1, 0.15) is 21.6 Å². The molecule has 0 aliphatic heterocycles. The average Bonchev–Trinajstić information content (AvgIpc) is 2.72. The van der Waals surface area contributed by atoms with E-state index in [2.05, 4.69) is 31.2 Å². The molecule has 0 saturated heterocycles. The SMILES string of the molecule is Cc1cnc(NC(=O)c2c(F)cc(Br)c(N)c2C)[nH]1. The van der Waals surface area contributed by atoms with E-state index in [0.29, 0.717) is 15.7 Å². The van der Waals surface area contributed by atoms with Crippen LogP contribution < -0.4 is 11.1 Å². The summed E-state index contributed by atoms with van der Waals surface area (Å²) in [5.41, 5.74) is 7.19. The molecule has 0 radical (unpaired) electrons. The van der Waals surface area contributed by atoms with E-state index in [1.807, 2.05) is 0 Å². The van der Waals surface area contributed by atoms with E-state index in [1.165, 1.54) is 6.07 Å². The molecule has 7 heteroatoms. The van der Waals surface area contributed by atoms with Crippen LogP contribution in [-0.2, 0) is 0 Å². The standard InChI is InChI=1S/C12H12BrFN4O/c1-5-4-16-12(17-5)18-11(19)9-6(2)10(15)7(13)3-8(9)14/h3-4H,15H2,1-2H3,(H2,16,17,18,19). The van der Waals surface area contributed by atoms with E-state index in [1.54, 1.807) is 20.0 Å². The predicted octanol–water partition coefficient (Wildman–Crippen LogP) is 2.76. The molecule has 2 aromatic rings. The molecular weight excluding hydrogens is 315 g/mol. The number of hydrogen-bond donors (Lipinski definition) is 3. The summed E-state index contributed by atoms with van der Waals surface area (Å²) in [4.78, 5) is 18.8. The predicted molar refractivity (Wildman–Crippen MR) is 74.5 cm³/mol. The van der Waals surface area contributed by atoms with Gasteiger partial charge in [0.15, 0.2) is 0 Å². The maximum Gasteiger partial charge on any atom is 0.261 e. The lowest BCUT2D eigenvalue weighted by atomic mass is 10.1. The van der Waals surface area contributed by atoms with Gasteiger partial charge in [0.05, 0.1) is 5.56 Å². The van der Waals surface area contributed by atoms with Crippen molar-refractivity contribution in [1.29, 1.82) is 0 Å². The fourth-order valence-electron chi connectivity index (χ4n) is 1.68. The van der Waals surface area contributed by atoms with Crippen LogP contribution in [0.15, 0.2) is 16.7 Å². The Morgan fingerprint density at radius 3 is 2.79 bits per heavy atom. The second-order valence-corrected chi connectivity index (χ2v) is 4.98. The van der Waals surface area contributed by atoms with Gasteiger partial charge in [0.2, 0.25) is 5.95 Å². The normalized spacial score (nSPS) is 10.5. The quantitative estimate of drug-likeness (QED) is 0.742. The number of nitrogens with zero attached hydrogens (tertiary/aromatic N) is 1. The molecule has 1 amide bonds. The molecule has 0 saturated carbocycles. The summed E-state index contributed by atoms with van der Waals surface area (Å²) in [5.74, 6) is -0.967. The summed E-state index contributed by atoms with van der Waals surface area (Å²) in [6.07, 6.45) is 1.56. The van der Waals surface area contributed by atoms with Crippen LogP contribution in [0, 0.1) is 19.7 Å². The zero-order chi connectivity index (χ0) is 14.2. The second-order valence-electron chi connectivity index (χ2n) is 4.12. The monoisotopic (exact) mass is 326 g/mol. The number of benzene rings is 1. The molecule has 1 aromatic carbocycles. The van der Waals surface area contributed by atoms with Gasteiger partial charge in [-0.15, -0.1) is 0 Å². The molecule has 0 fully saturated rings. The number of carbonyl (C=O) groups is 1. The Bertz CT molecular complexity index is 653. The number of aromatic nitrogens is 2. The fourth-order valence-corrected chi connectivity index (χ4v) is 2.18. The Balaban J connectivity index is 2.37. The summed E-state index contributed by atoms with van der Waals surface area (Å²) >= 11 is 3.14. The molecule has 4 N–H and O–H groups in total. The van der Waals surface area contributed by atoms with Gasteiger partial charge in [-0.05, 0) is 41.4 Å². The Hall–Kier alpha value is -1.89. The Morgan fingerprint density at radius 1 is 1.53 bits per heavy atom. The number of nitrogen functional groups attached to an aromatic ring is 1. The van der Waals surface area contributed by atoms with Crippen molar-refractivity contribution >= 4 is 33.5 Å². The molecule has 0 atom stereocenters. The zero-order valence-corrected chi connectivity index (χ0v) is 11.9. The topological polar surface area (TPSA) is 83.8 Å². The molecule has 0 spiro atoms. The first kappa shape index (κ1) is 13.5. The third kappa shape index (κ3) is 2.60. The number of rotatable bonds is 2. The number of anilines is 2. The minimum Gasteiger partial charge on any atom is -0.398 e. The Labute approximate surface area is 117 Å². The van der Waals surface area contributed by atoms with Gasteiger partial charge >= 0.3 is 0 Å². The lowest BCUT2D eigenvalue weighted by molar-refractivity contribution is 0.102. The highest BCUT2D eigenvalue weighted by atomic mass is 79.9. The van der Waals surface area contributed by atoms with E-state index < -0.39 is 11.7 Å². The van der Waals surface area contributed by atoms with E-state index >= 15 is 0 Å². The second kappa shape index (κ2) is 5.00. The molecular formula is C12H12BrFN4O. The van der Waals surface area contributed by atoms with E-state index in [4.69, 9.17) is 5.73 Å². The number of nitrogens with one attached hydrogen (secondary N) is 2. The number of imidazole rings is 1. The van der Waals surface area contributed by atoms with Crippen LogP contribution in [0.25, 0.3) is 0 Å². The van der Waals surface area contributed by atoms with Gasteiger partial charge in [-0.1, -0.05) is 0 Å². The molecule has 0 unspecified atom stereocenters. The van der Waals surface area contributed by atoms with Gasteiger partial charge in [-0.25, -0.2) is 9.37 Å². The summed E-state index contributed by atoms with van der Waals surface area (Å²) in [6.45, 7) is 3.39. The third-order valence-electron chi connectivity index (χ3n) is 2.69. The van der Waals surface area contributed by atoms with Crippen molar-refractivity contribution in [2.45, 2.75) is 13.8 Å². The minimum atomic E-state index is -0.639. The molecule has 5 nitrogen and oxygen atoms in total. The van der Waals surface area contributed by atoms with Crippen molar-refractivity contribution in [2.24, 2.45) is 0 Å². The number of halogens is 2. The van der Waals surface area contributed by atoms with Crippen LogP contribution in [0.2, 0.25) is 0 Å². The number of amides is 1. The molecule has 1 heterocycles. The zero-order valence-electron chi connectivity index (χ0n) is 10.3. The smallest absolute Gasteiger partial charge is 0.261 e. The van der Waals surface area contributed by atoms with Crippen molar-refractivity contribution in [3.05, 3.63) is 39.4 Å². The highest BCUT2D eigenvalue weighted by molar-refractivity contribution is 9.10. The van der Waals surface area contributed by atoms with Gasteiger partial charge in [0, 0.05) is 22.1 Å². The van der Waals surface area contributed by atoms with Gasteiger partial charge < -0.3 is 10.7 Å². The van der Waals surface area contributed by atoms with Gasteiger partial charge in [0.25, 0.3) is 5.91 Å². The van der Waals surface area contributed by atoms with Crippen molar-refractivity contribution < 1.29 is 9.18 Å². The van der Waals surface area contributed by atoms with Gasteiger partial charge in [-0.3, -0.25) is 10.1 Å². The highest BCUT2D eigenvalue weighted by Crippen LogP contribution is 2.28. The molecule has 100 valence electrons. The molecule has 19 heavy (non-hydrogen) atoms. The maximum absolute atomic E-state index is 13.9.